The molecule has 0 amide bonds. The number of anilines is 8. The van der Waals surface area contributed by atoms with Crippen molar-refractivity contribution in [3.8, 4) is 0 Å². The average Bonchev–Trinajstić information content (AvgIpc) is 3.50. The zero-order valence-corrected chi connectivity index (χ0v) is 39.0. The number of hydrogen-bond acceptors (Lipinski definition) is 3. The molecule has 0 radical (unpaired) electrons. The standard InChI is InChI=1S/C57H64BN3/c1-52(2,3)37-23-26-41(27-24-37)60-48-34-42(61-46-30-25-38(53(4,5)6)31-43(46)56(12)35-55(10,11)36-57(56,61)13)28-29-45(48)58-44-21-17-18-22-47(44)59(40-19-15-14-16-20-40)49-32-39(54(7,8)9)33-50(60)51(49)58/h14-34H,35-36H2,1-13H3. The van der Waals surface area contributed by atoms with Crippen molar-refractivity contribution in [2.75, 3.05) is 14.7 Å². The Balaban J connectivity index is 1.27. The largest absolute Gasteiger partial charge is 0.334 e. The van der Waals surface area contributed by atoms with E-state index in [0.29, 0.717) is 0 Å². The summed E-state index contributed by atoms with van der Waals surface area (Å²) >= 11 is 0. The van der Waals surface area contributed by atoms with Gasteiger partial charge in [-0.2, -0.15) is 0 Å². The van der Waals surface area contributed by atoms with Gasteiger partial charge in [0.15, 0.2) is 0 Å². The van der Waals surface area contributed by atoms with E-state index in [1.165, 1.54) is 84.1 Å². The fraction of sp³-hybridized carbons (Fsp3) is 0.368. The molecule has 3 heterocycles. The van der Waals surface area contributed by atoms with Gasteiger partial charge in [-0.25, -0.2) is 0 Å². The molecule has 6 aromatic rings. The summed E-state index contributed by atoms with van der Waals surface area (Å²) < 4.78 is 0. The molecule has 4 aliphatic rings. The molecule has 1 saturated carbocycles. The third kappa shape index (κ3) is 5.90. The third-order valence-corrected chi connectivity index (χ3v) is 15.1. The van der Waals surface area contributed by atoms with E-state index < -0.39 is 0 Å². The van der Waals surface area contributed by atoms with Crippen LogP contribution in [0.3, 0.4) is 0 Å². The van der Waals surface area contributed by atoms with Gasteiger partial charge in [-0.15, -0.1) is 0 Å². The van der Waals surface area contributed by atoms with E-state index in [0.717, 1.165) is 12.8 Å². The normalized spacial score (nSPS) is 21.2. The van der Waals surface area contributed by atoms with Crippen LogP contribution in [0.2, 0.25) is 0 Å². The number of fused-ring (bicyclic) bond motifs is 7. The van der Waals surface area contributed by atoms with E-state index in [4.69, 9.17) is 0 Å². The molecule has 0 N–H and O–H groups in total. The van der Waals surface area contributed by atoms with Crippen LogP contribution >= 0.6 is 0 Å². The summed E-state index contributed by atoms with van der Waals surface area (Å²) in [6, 6.07) is 49.5. The van der Waals surface area contributed by atoms with Crippen LogP contribution in [0.4, 0.5) is 45.5 Å². The Hall–Kier alpha value is -5.22. The van der Waals surface area contributed by atoms with Gasteiger partial charge in [0.05, 0.1) is 5.54 Å². The molecule has 0 bridgehead atoms. The Morgan fingerprint density at radius 3 is 1.62 bits per heavy atom. The van der Waals surface area contributed by atoms with Crippen LogP contribution in [0.25, 0.3) is 0 Å². The molecule has 0 spiro atoms. The summed E-state index contributed by atoms with van der Waals surface area (Å²) in [6.07, 6.45) is 2.28. The summed E-state index contributed by atoms with van der Waals surface area (Å²) in [5.41, 5.74) is 19.9. The van der Waals surface area contributed by atoms with Crippen LogP contribution in [-0.2, 0) is 21.7 Å². The molecule has 310 valence electrons. The molecule has 10 rings (SSSR count). The Morgan fingerprint density at radius 2 is 0.984 bits per heavy atom. The van der Waals surface area contributed by atoms with Crippen molar-refractivity contribution in [1.82, 2.24) is 0 Å². The van der Waals surface area contributed by atoms with Crippen LogP contribution in [0.1, 0.15) is 125 Å². The summed E-state index contributed by atoms with van der Waals surface area (Å²) in [4.78, 5) is 7.91. The molecular weight excluding hydrogens is 737 g/mol. The zero-order chi connectivity index (χ0) is 43.2. The van der Waals surface area contributed by atoms with E-state index in [1.54, 1.807) is 0 Å². The molecule has 6 aromatic carbocycles. The highest BCUT2D eigenvalue weighted by Gasteiger charge is 2.64. The molecular formula is C57H64BN3. The van der Waals surface area contributed by atoms with Gasteiger partial charge in [-0.3, -0.25) is 0 Å². The molecule has 1 aliphatic carbocycles. The van der Waals surface area contributed by atoms with Gasteiger partial charge < -0.3 is 14.7 Å². The number of rotatable bonds is 3. The highest BCUT2D eigenvalue weighted by Crippen LogP contribution is 2.67. The van der Waals surface area contributed by atoms with Gasteiger partial charge in [-0.1, -0.05) is 150 Å². The number of nitrogens with zero attached hydrogens (tertiary/aromatic N) is 3. The van der Waals surface area contributed by atoms with Crippen molar-refractivity contribution in [3.63, 3.8) is 0 Å². The highest BCUT2D eigenvalue weighted by molar-refractivity contribution is 7.00. The highest BCUT2D eigenvalue weighted by atomic mass is 15.3. The Labute approximate surface area is 366 Å². The summed E-state index contributed by atoms with van der Waals surface area (Å²) in [5, 5.41) is 0. The van der Waals surface area contributed by atoms with Crippen LogP contribution in [0, 0.1) is 5.41 Å². The van der Waals surface area contributed by atoms with E-state index in [1.807, 2.05) is 0 Å². The van der Waals surface area contributed by atoms with Crippen molar-refractivity contribution in [3.05, 3.63) is 150 Å². The first-order chi connectivity index (χ1) is 28.6. The molecule has 2 atom stereocenters. The van der Waals surface area contributed by atoms with Gasteiger partial charge in [0.2, 0.25) is 0 Å². The van der Waals surface area contributed by atoms with E-state index in [9.17, 15) is 0 Å². The molecule has 61 heavy (non-hydrogen) atoms. The SMILES string of the molecule is CC1(C)CC2(C)c3cc(C(C)(C)C)ccc3N(c3ccc4c(c3)N(c3ccc(C(C)(C)C)cc3)c3cc(C(C)(C)C)cc5c3B4c3ccccc3N5c3ccccc3)C2(C)C1. The van der Waals surface area contributed by atoms with Crippen LogP contribution in [-0.4, -0.2) is 12.3 Å². The van der Waals surface area contributed by atoms with Crippen LogP contribution in [0.15, 0.2) is 127 Å². The van der Waals surface area contributed by atoms with Gasteiger partial charge in [0, 0.05) is 50.9 Å². The van der Waals surface area contributed by atoms with E-state index in [2.05, 4.69) is 232 Å². The van der Waals surface area contributed by atoms with Crippen molar-refractivity contribution < 1.29 is 0 Å². The first-order valence-electron chi connectivity index (χ1n) is 22.7. The minimum Gasteiger partial charge on any atom is -0.334 e. The van der Waals surface area contributed by atoms with Crippen molar-refractivity contribution in [2.45, 2.75) is 130 Å². The zero-order valence-electron chi connectivity index (χ0n) is 39.0. The fourth-order valence-corrected chi connectivity index (χ4v) is 12.1. The average molecular weight is 802 g/mol. The second kappa shape index (κ2) is 12.9. The minimum absolute atomic E-state index is 0.00219. The monoisotopic (exact) mass is 802 g/mol. The lowest BCUT2D eigenvalue weighted by Crippen LogP contribution is -2.61. The van der Waals surface area contributed by atoms with Gasteiger partial charge in [0.25, 0.3) is 6.71 Å². The third-order valence-electron chi connectivity index (χ3n) is 15.1. The van der Waals surface area contributed by atoms with Crippen molar-refractivity contribution in [1.29, 1.82) is 0 Å². The lowest BCUT2D eigenvalue weighted by Gasteiger charge is -2.46. The molecule has 4 heteroatoms. The Kier molecular flexibility index (Phi) is 8.44. The Bertz CT molecular complexity index is 2730. The lowest BCUT2D eigenvalue weighted by atomic mass is 9.33. The van der Waals surface area contributed by atoms with Gasteiger partial charge in [-0.05, 0) is 141 Å². The van der Waals surface area contributed by atoms with Crippen LogP contribution in [0.5, 0.6) is 0 Å². The molecule has 0 saturated heterocycles. The number of para-hydroxylation sites is 2. The topological polar surface area (TPSA) is 9.72 Å². The molecule has 2 unspecified atom stereocenters. The fourth-order valence-electron chi connectivity index (χ4n) is 12.1. The first-order valence-corrected chi connectivity index (χ1v) is 22.7. The van der Waals surface area contributed by atoms with Crippen molar-refractivity contribution in [2.24, 2.45) is 5.41 Å². The maximum Gasteiger partial charge on any atom is 0.252 e. The Morgan fingerprint density at radius 1 is 0.443 bits per heavy atom. The summed E-state index contributed by atoms with van der Waals surface area (Å²) in [7, 11) is 0. The second-order valence-electron chi connectivity index (χ2n) is 23.2. The smallest absolute Gasteiger partial charge is 0.252 e. The number of hydrogen-bond donors (Lipinski definition) is 0. The summed E-state index contributed by atoms with van der Waals surface area (Å²) in [6.45, 7) is 31.2. The predicted molar refractivity (Wildman–Crippen MR) is 264 cm³/mol. The molecule has 0 aromatic heterocycles. The maximum atomic E-state index is 2.77. The lowest BCUT2D eigenvalue weighted by molar-refractivity contribution is 0.330. The molecule has 1 fully saturated rings. The quantitative estimate of drug-likeness (QED) is 0.165. The molecule has 3 aliphatic heterocycles. The molecule has 3 nitrogen and oxygen atoms in total. The first kappa shape index (κ1) is 39.9. The van der Waals surface area contributed by atoms with Gasteiger partial charge in [0.1, 0.15) is 0 Å². The van der Waals surface area contributed by atoms with Gasteiger partial charge >= 0.3 is 0 Å². The van der Waals surface area contributed by atoms with Crippen LogP contribution < -0.4 is 31.1 Å². The van der Waals surface area contributed by atoms with E-state index in [-0.39, 0.29) is 39.3 Å². The van der Waals surface area contributed by atoms with Crippen molar-refractivity contribution >= 4 is 68.6 Å². The number of benzene rings is 6. The predicted octanol–water partition coefficient (Wildman–Crippen LogP) is 13.6. The summed E-state index contributed by atoms with van der Waals surface area (Å²) in [5.74, 6) is 0. The maximum absolute atomic E-state index is 2.77. The minimum atomic E-state index is -0.102. The second-order valence-corrected chi connectivity index (χ2v) is 23.2. The van der Waals surface area contributed by atoms with E-state index >= 15 is 0 Å².